The van der Waals surface area contributed by atoms with Gasteiger partial charge < -0.3 is 9.94 Å². The van der Waals surface area contributed by atoms with Crippen LogP contribution in [-0.2, 0) is 19.5 Å². The van der Waals surface area contributed by atoms with Crippen molar-refractivity contribution in [3.05, 3.63) is 11.3 Å². The second-order valence-electron chi connectivity index (χ2n) is 6.64. The van der Waals surface area contributed by atoms with Crippen LogP contribution in [0.2, 0.25) is 0 Å². The van der Waals surface area contributed by atoms with Crippen molar-refractivity contribution in [3.63, 3.8) is 0 Å². The smallest absolute Gasteiger partial charge is 0.168 e. The zero-order chi connectivity index (χ0) is 17.7. The lowest BCUT2D eigenvalue weighted by molar-refractivity contribution is -0.117. The quantitative estimate of drug-likeness (QED) is 0.583. The molecule has 1 N–H and O–H groups in total. The van der Waals surface area contributed by atoms with E-state index in [0.29, 0.717) is 31.6 Å². The van der Waals surface area contributed by atoms with Gasteiger partial charge in [-0.25, -0.2) is 8.42 Å². The minimum Gasteiger partial charge on any atom is -0.511 e. The SMILES string of the molecule is CCCC(=NOCC)C1=C(O)CC(C2CCCS(=O)(=O)C2)CC1=O. The van der Waals surface area contributed by atoms with E-state index >= 15 is 0 Å². The van der Waals surface area contributed by atoms with E-state index in [1.807, 2.05) is 13.8 Å². The van der Waals surface area contributed by atoms with E-state index in [0.717, 1.165) is 12.8 Å². The summed E-state index contributed by atoms with van der Waals surface area (Å²) in [6.45, 7) is 4.18. The van der Waals surface area contributed by atoms with Crippen LogP contribution in [0.3, 0.4) is 0 Å². The van der Waals surface area contributed by atoms with Gasteiger partial charge in [0.1, 0.15) is 12.4 Å². The fourth-order valence-electron chi connectivity index (χ4n) is 3.61. The van der Waals surface area contributed by atoms with E-state index in [9.17, 15) is 18.3 Å². The lowest BCUT2D eigenvalue weighted by Gasteiger charge is -2.32. The molecule has 2 atom stereocenters. The first-order valence-electron chi connectivity index (χ1n) is 8.72. The molecule has 24 heavy (non-hydrogen) atoms. The Bertz CT molecular complexity index is 635. The van der Waals surface area contributed by atoms with Crippen LogP contribution >= 0.6 is 0 Å². The van der Waals surface area contributed by atoms with Gasteiger partial charge in [-0.1, -0.05) is 18.5 Å². The maximum Gasteiger partial charge on any atom is 0.168 e. The Kier molecular flexibility index (Phi) is 6.43. The third-order valence-electron chi connectivity index (χ3n) is 4.71. The van der Waals surface area contributed by atoms with Crippen molar-refractivity contribution in [2.45, 2.75) is 52.4 Å². The van der Waals surface area contributed by atoms with E-state index in [1.165, 1.54) is 0 Å². The molecule has 0 amide bonds. The highest BCUT2D eigenvalue weighted by molar-refractivity contribution is 7.91. The predicted molar refractivity (Wildman–Crippen MR) is 92.7 cm³/mol. The van der Waals surface area contributed by atoms with Crippen molar-refractivity contribution < 1.29 is 23.2 Å². The molecule has 0 aromatic carbocycles. The lowest BCUT2D eigenvalue weighted by atomic mass is 9.76. The summed E-state index contributed by atoms with van der Waals surface area (Å²) in [5.41, 5.74) is 0.775. The predicted octanol–water partition coefficient (Wildman–Crippen LogP) is 2.80. The minimum atomic E-state index is -3.02. The molecule has 7 heteroatoms. The maximum atomic E-state index is 12.6. The number of carbonyl (C=O) groups excluding carboxylic acids is 1. The molecule has 1 aliphatic heterocycles. The normalized spacial score (nSPS) is 28.1. The van der Waals surface area contributed by atoms with Crippen molar-refractivity contribution >= 4 is 21.3 Å². The van der Waals surface area contributed by atoms with E-state index in [1.54, 1.807) is 0 Å². The van der Waals surface area contributed by atoms with Crippen LogP contribution in [-0.4, -0.2) is 43.1 Å². The number of sulfone groups is 1. The minimum absolute atomic E-state index is 0.0334. The number of hydrogen-bond donors (Lipinski definition) is 1. The number of aliphatic hydroxyl groups is 1. The van der Waals surface area contributed by atoms with Crippen LogP contribution in [0.15, 0.2) is 16.5 Å². The summed E-state index contributed by atoms with van der Waals surface area (Å²) < 4.78 is 23.7. The standard InChI is InChI=1S/C17H27NO5S/c1-3-6-14(18-23-4-2)17-15(19)9-13(10-16(17)20)12-7-5-8-24(21,22)11-12/h12-13,19H,3-11H2,1-2H3. The van der Waals surface area contributed by atoms with Gasteiger partial charge in [0.25, 0.3) is 0 Å². The highest BCUT2D eigenvalue weighted by Gasteiger charge is 2.37. The highest BCUT2D eigenvalue weighted by Crippen LogP contribution is 2.36. The number of oxime groups is 1. The summed E-state index contributed by atoms with van der Waals surface area (Å²) in [4.78, 5) is 17.7. The second-order valence-corrected chi connectivity index (χ2v) is 8.86. The summed E-state index contributed by atoms with van der Waals surface area (Å²) in [7, 11) is -3.02. The molecule has 1 heterocycles. The Morgan fingerprint density at radius 2 is 2.04 bits per heavy atom. The number of carbonyl (C=O) groups is 1. The Morgan fingerprint density at radius 1 is 1.29 bits per heavy atom. The average Bonchev–Trinajstić information content (AvgIpc) is 2.50. The molecular weight excluding hydrogens is 330 g/mol. The lowest BCUT2D eigenvalue weighted by Crippen LogP contribution is -2.35. The van der Waals surface area contributed by atoms with E-state index in [-0.39, 0.29) is 46.9 Å². The number of nitrogens with zero attached hydrogens (tertiary/aromatic N) is 1. The third kappa shape index (κ3) is 4.59. The van der Waals surface area contributed by atoms with Gasteiger partial charge in [0, 0.05) is 12.8 Å². The van der Waals surface area contributed by atoms with Crippen molar-refractivity contribution in [3.8, 4) is 0 Å². The number of allylic oxidation sites excluding steroid dienone is 2. The Balaban J connectivity index is 2.20. The van der Waals surface area contributed by atoms with Crippen LogP contribution in [0, 0.1) is 11.8 Å². The average molecular weight is 357 g/mol. The summed E-state index contributed by atoms with van der Waals surface area (Å²) >= 11 is 0. The fraction of sp³-hybridized carbons (Fsp3) is 0.765. The molecule has 1 fully saturated rings. The Morgan fingerprint density at radius 3 is 2.62 bits per heavy atom. The molecule has 0 bridgehead atoms. The van der Waals surface area contributed by atoms with Crippen molar-refractivity contribution in [1.82, 2.24) is 0 Å². The summed E-state index contributed by atoms with van der Waals surface area (Å²) in [5.74, 6) is 0.0901. The molecule has 0 aromatic heterocycles. The topological polar surface area (TPSA) is 93.0 Å². The largest absolute Gasteiger partial charge is 0.511 e. The van der Waals surface area contributed by atoms with Gasteiger partial charge >= 0.3 is 0 Å². The molecular formula is C17H27NO5S. The zero-order valence-corrected chi connectivity index (χ0v) is 15.3. The van der Waals surface area contributed by atoms with Gasteiger partial charge in [-0.3, -0.25) is 4.79 Å². The summed E-state index contributed by atoms with van der Waals surface area (Å²) in [6.07, 6.45) is 3.41. The van der Waals surface area contributed by atoms with Crippen LogP contribution < -0.4 is 0 Å². The zero-order valence-electron chi connectivity index (χ0n) is 14.5. The number of rotatable bonds is 6. The van der Waals surface area contributed by atoms with Crippen molar-refractivity contribution in [2.75, 3.05) is 18.1 Å². The van der Waals surface area contributed by atoms with Crippen molar-refractivity contribution in [2.24, 2.45) is 17.0 Å². The Hall–Kier alpha value is -1.37. The number of ketones is 1. The summed E-state index contributed by atoms with van der Waals surface area (Å²) in [6, 6.07) is 0. The van der Waals surface area contributed by atoms with E-state index in [2.05, 4.69) is 5.16 Å². The number of aliphatic hydroxyl groups excluding tert-OH is 1. The first kappa shape index (κ1) is 19.0. The summed E-state index contributed by atoms with van der Waals surface area (Å²) in [5, 5.41) is 14.4. The second kappa shape index (κ2) is 8.14. The van der Waals surface area contributed by atoms with Gasteiger partial charge in [0.2, 0.25) is 0 Å². The molecule has 0 radical (unpaired) electrons. The molecule has 0 spiro atoms. The van der Waals surface area contributed by atoms with Gasteiger partial charge in [-0.2, -0.15) is 0 Å². The van der Waals surface area contributed by atoms with Gasteiger partial charge in [0.15, 0.2) is 15.6 Å². The van der Waals surface area contributed by atoms with Gasteiger partial charge in [-0.15, -0.1) is 0 Å². The molecule has 6 nitrogen and oxygen atoms in total. The van der Waals surface area contributed by atoms with Crippen LogP contribution in [0.4, 0.5) is 0 Å². The first-order valence-corrected chi connectivity index (χ1v) is 10.5. The maximum absolute atomic E-state index is 12.6. The first-order chi connectivity index (χ1) is 11.4. The van der Waals surface area contributed by atoms with Crippen molar-refractivity contribution in [1.29, 1.82) is 0 Å². The fourth-order valence-corrected chi connectivity index (χ4v) is 5.47. The monoisotopic (exact) mass is 357 g/mol. The molecule has 1 saturated heterocycles. The van der Waals surface area contributed by atoms with Crippen LogP contribution in [0.5, 0.6) is 0 Å². The van der Waals surface area contributed by atoms with Crippen LogP contribution in [0.25, 0.3) is 0 Å². The molecule has 0 aromatic rings. The third-order valence-corrected chi connectivity index (χ3v) is 6.56. The molecule has 2 aliphatic rings. The number of Topliss-reactive ketones (excluding diaryl/α,β-unsaturated/α-hetero) is 1. The van der Waals surface area contributed by atoms with Gasteiger partial charge in [0.05, 0.1) is 22.8 Å². The van der Waals surface area contributed by atoms with E-state index < -0.39 is 9.84 Å². The molecule has 2 rings (SSSR count). The molecule has 136 valence electrons. The highest BCUT2D eigenvalue weighted by atomic mass is 32.2. The molecule has 2 unspecified atom stereocenters. The van der Waals surface area contributed by atoms with E-state index in [4.69, 9.17) is 4.84 Å². The molecule has 1 aliphatic carbocycles. The number of hydrogen-bond acceptors (Lipinski definition) is 6. The molecule has 0 saturated carbocycles. The van der Waals surface area contributed by atoms with Gasteiger partial charge in [-0.05, 0) is 38.0 Å². The Labute approximate surface area is 143 Å². The van der Waals surface area contributed by atoms with Crippen LogP contribution in [0.1, 0.15) is 52.4 Å².